The van der Waals surface area contributed by atoms with Crippen LogP contribution in [0.1, 0.15) is 29.0 Å². The van der Waals surface area contributed by atoms with E-state index >= 15 is 0 Å². The Labute approximate surface area is 173 Å². The zero-order valence-electron chi connectivity index (χ0n) is 17.0. The summed E-state index contributed by atoms with van der Waals surface area (Å²) in [5.74, 6) is 0.237. The Hall–Kier alpha value is -2.95. The number of amides is 3. The van der Waals surface area contributed by atoms with Crippen LogP contribution in [0.15, 0.2) is 12.3 Å². The van der Waals surface area contributed by atoms with Crippen LogP contribution in [0.5, 0.6) is 0 Å². The molecule has 0 saturated carbocycles. The number of anilines is 3. The summed E-state index contributed by atoms with van der Waals surface area (Å²) in [5.41, 5.74) is 6.40. The van der Waals surface area contributed by atoms with Crippen molar-refractivity contribution in [3.8, 4) is 0 Å². The van der Waals surface area contributed by atoms with Crippen molar-refractivity contribution < 1.29 is 9.59 Å². The van der Waals surface area contributed by atoms with Crippen molar-refractivity contribution in [3.05, 3.63) is 23.7 Å². The van der Waals surface area contributed by atoms with Gasteiger partial charge in [0, 0.05) is 40.3 Å². The average molecular weight is 419 g/mol. The van der Waals surface area contributed by atoms with Gasteiger partial charge in [0.1, 0.15) is 10.8 Å². The number of carbonyl (C=O) groups is 2. The molecule has 3 rings (SSSR count). The number of nitrogens with two attached hydrogens (primary N) is 1. The first-order valence-corrected chi connectivity index (χ1v) is 10.1. The monoisotopic (exact) mass is 418 g/mol. The van der Waals surface area contributed by atoms with E-state index in [1.165, 1.54) is 17.7 Å². The second-order valence-electron chi connectivity index (χ2n) is 7.28. The van der Waals surface area contributed by atoms with Gasteiger partial charge in [-0.2, -0.15) is 4.37 Å². The molecule has 0 aromatic carbocycles. The normalized spacial score (nSPS) is 16.4. The van der Waals surface area contributed by atoms with E-state index in [1.54, 1.807) is 19.0 Å². The predicted octanol–water partition coefficient (Wildman–Crippen LogP) is 1.67. The fourth-order valence-electron chi connectivity index (χ4n) is 3.27. The van der Waals surface area contributed by atoms with Gasteiger partial charge in [0.2, 0.25) is 0 Å². The highest BCUT2D eigenvalue weighted by Crippen LogP contribution is 2.26. The Morgan fingerprint density at radius 3 is 2.72 bits per heavy atom. The van der Waals surface area contributed by atoms with Crippen LogP contribution >= 0.6 is 11.5 Å². The van der Waals surface area contributed by atoms with Gasteiger partial charge < -0.3 is 25.8 Å². The van der Waals surface area contributed by atoms with Crippen molar-refractivity contribution in [1.29, 1.82) is 0 Å². The van der Waals surface area contributed by atoms with Gasteiger partial charge in [-0.1, -0.05) is 0 Å². The Balaban J connectivity index is 1.83. The third kappa shape index (κ3) is 4.73. The summed E-state index contributed by atoms with van der Waals surface area (Å²) in [5, 5.41) is 3.85. The molecule has 1 aliphatic rings. The van der Waals surface area contributed by atoms with E-state index < -0.39 is 5.91 Å². The Morgan fingerprint density at radius 1 is 1.34 bits per heavy atom. The second kappa shape index (κ2) is 8.60. The molecular weight excluding hydrogens is 392 g/mol. The number of urea groups is 1. The molecule has 3 amide bonds. The SMILES string of the molecule is Cc1cc(Nc2nc(N(C)[C@H]3CCCN(C(=O)N(C)C)C3)cnc2C(N)=O)sn1. The summed E-state index contributed by atoms with van der Waals surface area (Å²) in [6.45, 7) is 3.23. The number of nitrogens with one attached hydrogen (secondary N) is 1. The highest BCUT2D eigenvalue weighted by Gasteiger charge is 2.28. The zero-order chi connectivity index (χ0) is 21.1. The lowest BCUT2D eigenvalue weighted by Crippen LogP contribution is -2.51. The molecule has 1 fully saturated rings. The molecule has 0 spiro atoms. The average Bonchev–Trinajstić information content (AvgIpc) is 3.11. The lowest BCUT2D eigenvalue weighted by atomic mass is 10.0. The molecule has 29 heavy (non-hydrogen) atoms. The van der Waals surface area contributed by atoms with Crippen LogP contribution in [0.4, 0.5) is 21.4 Å². The first-order chi connectivity index (χ1) is 13.8. The van der Waals surface area contributed by atoms with Gasteiger partial charge in [0.05, 0.1) is 11.9 Å². The molecule has 1 atom stereocenters. The number of aryl methyl sites for hydroxylation is 1. The molecule has 0 unspecified atom stereocenters. The zero-order valence-corrected chi connectivity index (χ0v) is 17.9. The smallest absolute Gasteiger partial charge is 0.319 e. The van der Waals surface area contributed by atoms with Crippen LogP contribution in [0, 0.1) is 6.92 Å². The molecule has 1 saturated heterocycles. The van der Waals surface area contributed by atoms with E-state index in [1.807, 2.05) is 29.8 Å². The van der Waals surface area contributed by atoms with Crippen molar-refractivity contribution in [2.45, 2.75) is 25.8 Å². The summed E-state index contributed by atoms with van der Waals surface area (Å²) in [6, 6.07) is 1.96. The van der Waals surface area contributed by atoms with E-state index in [2.05, 4.69) is 19.7 Å². The van der Waals surface area contributed by atoms with Crippen molar-refractivity contribution in [2.24, 2.45) is 5.73 Å². The molecule has 2 aromatic heterocycles. The molecule has 1 aliphatic heterocycles. The van der Waals surface area contributed by atoms with E-state index in [4.69, 9.17) is 5.73 Å². The molecule has 0 aliphatic carbocycles. The lowest BCUT2D eigenvalue weighted by Gasteiger charge is -2.39. The molecule has 0 radical (unpaired) electrons. The van der Waals surface area contributed by atoms with Crippen LogP contribution in [-0.4, -0.2) is 76.4 Å². The first-order valence-electron chi connectivity index (χ1n) is 9.32. The van der Waals surface area contributed by atoms with Crippen LogP contribution in [0.25, 0.3) is 0 Å². The summed E-state index contributed by atoms with van der Waals surface area (Å²) in [6.07, 6.45) is 3.38. The second-order valence-corrected chi connectivity index (χ2v) is 8.08. The first kappa shape index (κ1) is 20.8. The van der Waals surface area contributed by atoms with Crippen LogP contribution < -0.4 is 16.0 Å². The highest BCUT2D eigenvalue weighted by atomic mass is 32.1. The fourth-order valence-corrected chi connectivity index (χ4v) is 3.93. The number of likely N-dealkylation sites (tertiary alicyclic amines) is 1. The van der Waals surface area contributed by atoms with Gasteiger partial charge in [-0.25, -0.2) is 14.8 Å². The summed E-state index contributed by atoms with van der Waals surface area (Å²) >= 11 is 1.27. The van der Waals surface area contributed by atoms with Crippen LogP contribution in [0.2, 0.25) is 0 Å². The van der Waals surface area contributed by atoms with Crippen molar-refractivity contribution in [3.63, 3.8) is 0 Å². The quantitative estimate of drug-likeness (QED) is 0.757. The molecule has 11 heteroatoms. The number of hydrogen-bond donors (Lipinski definition) is 2. The number of piperidine rings is 1. The van der Waals surface area contributed by atoms with Crippen LogP contribution in [0.3, 0.4) is 0 Å². The van der Waals surface area contributed by atoms with E-state index in [9.17, 15) is 9.59 Å². The summed E-state index contributed by atoms with van der Waals surface area (Å²) in [4.78, 5) is 38.4. The number of likely N-dealkylation sites (N-methyl/N-ethyl adjacent to an activating group) is 1. The summed E-state index contributed by atoms with van der Waals surface area (Å²) in [7, 11) is 5.43. The van der Waals surface area contributed by atoms with Gasteiger partial charge in [-0.05, 0) is 37.4 Å². The molecule has 156 valence electrons. The molecule has 2 aromatic rings. The minimum Gasteiger partial charge on any atom is -0.364 e. The number of nitrogens with zero attached hydrogens (tertiary/aromatic N) is 6. The van der Waals surface area contributed by atoms with Crippen LogP contribution in [-0.2, 0) is 0 Å². The van der Waals surface area contributed by atoms with Crippen molar-refractivity contribution in [2.75, 3.05) is 44.4 Å². The number of rotatable bonds is 5. The summed E-state index contributed by atoms with van der Waals surface area (Å²) < 4.78 is 4.22. The predicted molar refractivity (Wildman–Crippen MR) is 113 cm³/mol. The highest BCUT2D eigenvalue weighted by molar-refractivity contribution is 7.10. The number of hydrogen-bond acceptors (Lipinski definition) is 8. The number of aromatic nitrogens is 3. The van der Waals surface area contributed by atoms with Gasteiger partial charge in [0.15, 0.2) is 11.5 Å². The van der Waals surface area contributed by atoms with Gasteiger partial charge in [0.25, 0.3) is 5.91 Å². The standard InChI is InChI=1S/C18H26N8O2S/c1-11-8-14(29-23-11)22-17-15(16(19)27)20-9-13(21-17)25(4)12-6-5-7-26(10-12)18(28)24(2)3/h8-9,12H,5-7,10H2,1-4H3,(H2,19,27)(H,21,22)/t12-/m0/s1. The molecular formula is C18H26N8O2S. The van der Waals surface area contributed by atoms with E-state index in [0.717, 1.165) is 30.1 Å². The lowest BCUT2D eigenvalue weighted by molar-refractivity contribution is 0.0996. The maximum Gasteiger partial charge on any atom is 0.319 e. The maximum atomic E-state index is 12.3. The Kier molecular flexibility index (Phi) is 6.16. The van der Waals surface area contributed by atoms with Gasteiger partial charge in [-0.15, -0.1) is 0 Å². The Morgan fingerprint density at radius 2 is 2.10 bits per heavy atom. The minimum atomic E-state index is -0.657. The largest absolute Gasteiger partial charge is 0.364 e. The number of primary amides is 1. The number of carbonyl (C=O) groups excluding carboxylic acids is 2. The third-order valence-corrected chi connectivity index (χ3v) is 5.62. The fraction of sp³-hybridized carbons (Fsp3) is 0.500. The molecule has 0 bridgehead atoms. The van der Waals surface area contributed by atoms with Gasteiger partial charge in [-0.3, -0.25) is 4.79 Å². The minimum absolute atomic E-state index is 0.00109. The molecule has 10 nitrogen and oxygen atoms in total. The topological polar surface area (TPSA) is 121 Å². The maximum absolute atomic E-state index is 12.3. The molecule has 3 N–H and O–H groups in total. The molecule has 3 heterocycles. The van der Waals surface area contributed by atoms with Crippen molar-refractivity contribution >= 4 is 40.1 Å². The van der Waals surface area contributed by atoms with Crippen molar-refractivity contribution in [1.82, 2.24) is 24.1 Å². The third-order valence-electron chi connectivity index (χ3n) is 4.82. The Bertz CT molecular complexity index is 900. The van der Waals surface area contributed by atoms with Gasteiger partial charge >= 0.3 is 6.03 Å². The van der Waals surface area contributed by atoms with E-state index in [-0.39, 0.29) is 17.8 Å². The van der Waals surface area contributed by atoms with E-state index in [0.29, 0.717) is 18.2 Å².